The number of nitrogens with zero attached hydrogens (tertiary/aromatic N) is 4. The molecule has 0 saturated carbocycles. The van der Waals surface area contributed by atoms with Gasteiger partial charge in [-0.15, -0.1) is 0 Å². The number of piperidine rings is 1. The summed E-state index contributed by atoms with van der Waals surface area (Å²) < 4.78 is 5.43. The van der Waals surface area contributed by atoms with Gasteiger partial charge in [-0.1, -0.05) is 11.6 Å². The summed E-state index contributed by atoms with van der Waals surface area (Å²) >= 11 is 6.00. The highest BCUT2D eigenvalue weighted by Gasteiger charge is 2.29. The van der Waals surface area contributed by atoms with E-state index in [1.807, 2.05) is 27.7 Å². The summed E-state index contributed by atoms with van der Waals surface area (Å²) in [5.74, 6) is 1.52. The number of carbonyl (C=O) groups excluding carboxylic acids is 1. The molecule has 1 amide bonds. The largest absolute Gasteiger partial charge is 0.444 e. The molecule has 0 unspecified atom stereocenters. The van der Waals surface area contributed by atoms with Crippen molar-refractivity contribution in [2.24, 2.45) is 0 Å². The fraction of sp³-hybridized carbons (Fsp3) is 0.688. The smallest absolute Gasteiger partial charge is 0.410 e. The van der Waals surface area contributed by atoms with Gasteiger partial charge in [0.15, 0.2) is 0 Å². The molecule has 1 saturated heterocycles. The molecule has 128 valence electrons. The first-order valence-electron chi connectivity index (χ1n) is 7.87. The highest BCUT2D eigenvalue weighted by molar-refractivity contribution is 6.29. The van der Waals surface area contributed by atoms with Crippen LogP contribution in [0.3, 0.4) is 0 Å². The van der Waals surface area contributed by atoms with E-state index in [0.29, 0.717) is 11.0 Å². The molecule has 0 radical (unpaired) electrons. The number of hydrogen-bond donors (Lipinski definition) is 0. The number of carbonyl (C=O) groups is 1. The zero-order valence-corrected chi connectivity index (χ0v) is 15.2. The van der Waals surface area contributed by atoms with Crippen molar-refractivity contribution in [3.05, 3.63) is 17.0 Å². The molecular formula is C16H25ClN4O2. The summed E-state index contributed by atoms with van der Waals surface area (Å²) in [5.41, 5.74) is -0.471. The second kappa shape index (κ2) is 6.91. The molecule has 23 heavy (non-hydrogen) atoms. The minimum Gasteiger partial charge on any atom is -0.444 e. The van der Waals surface area contributed by atoms with Gasteiger partial charge in [-0.25, -0.2) is 14.8 Å². The Morgan fingerprint density at radius 1 is 1.35 bits per heavy atom. The summed E-state index contributed by atoms with van der Waals surface area (Å²) in [5, 5.41) is 0.459. The third kappa shape index (κ3) is 4.96. The number of aryl methyl sites for hydroxylation is 1. The zero-order valence-electron chi connectivity index (χ0n) is 14.5. The van der Waals surface area contributed by atoms with E-state index >= 15 is 0 Å². The average Bonchev–Trinajstić information content (AvgIpc) is 2.44. The molecule has 2 heterocycles. The van der Waals surface area contributed by atoms with E-state index in [2.05, 4.69) is 14.9 Å². The van der Waals surface area contributed by atoms with Crippen LogP contribution in [-0.2, 0) is 4.74 Å². The van der Waals surface area contributed by atoms with Crippen molar-refractivity contribution in [3.63, 3.8) is 0 Å². The second-order valence-corrected chi connectivity index (χ2v) is 7.29. The molecule has 0 aromatic carbocycles. The van der Waals surface area contributed by atoms with E-state index in [4.69, 9.17) is 16.3 Å². The minimum atomic E-state index is -0.471. The van der Waals surface area contributed by atoms with E-state index < -0.39 is 5.60 Å². The number of ether oxygens (including phenoxy) is 1. The molecule has 1 fully saturated rings. The fourth-order valence-corrected chi connectivity index (χ4v) is 2.86. The first-order chi connectivity index (χ1) is 10.7. The molecule has 0 N–H and O–H groups in total. The topological polar surface area (TPSA) is 58.6 Å². The highest BCUT2D eigenvalue weighted by atomic mass is 35.5. The van der Waals surface area contributed by atoms with Gasteiger partial charge in [0.1, 0.15) is 22.4 Å². The Kier molecular flexibility index (Phi) is 5.34. The molecule has 1 aromatic heterocycles. The van der Waals surface area contributed by atoms with Crippen molar-refractivity contribution >= 4 is 23.5 Å². The minimum absolute atomic E-state index is 0.180. The Bertz CT molecular complexity index is 545. The van der Waals surface area contributed by atoms with E-state index in [9.17, 15) is 4.79 Å². The molecule has 0 bridgehead atoms. The van der Waals surface area contributed by atoms with Crippen LogP contribution < -0.4 is 4.90 Å². The first-order valence-corrected chi connectivity index (χ1v) is 8.25. The lowest BCUT2D eigenvalue weighted by molar-refractivity contribution is 0.0201. The van der Waals surface area contributed by atoms with Gasteiger partial charge in [0, 0.05) is 32.2 Å². The number of hydrogen-bond acceptors (Lipinski definition) is 5. The lowest BCUT2D eigenvalue weighted by Gasteiger charge is -2.37. The zero-order chi connectivity index (χ0) is 17.2. The van der Waals surface area contributed by atoms with Gasteiger partial charge < -0.3 is 14.5 Å². The molecule has 2 rings (SSSR count). The molecule has 7 heteroatoms. The van der Waals surface area contributed by atoms with Gasteiger partial charge in [-0.3, -0.25) is 0 Å². The molecule has 0 aliphatic carbocycles. The van der Waals surface area contributed by atoms with Crippen LogP contribution >= 0.6 is 11.6 Å². The molecule has 6 nitrogen and oxygen atoms in total. The molecule has 0 atom stereocenters. The number of halogens is 1. The standard InChI is InChI=1S/C16H25ClN4O2/c1-11-18-13(17)10-14(19-11)21-8-6-12(7-9-21)20(5)15(22)23-16(2,3)4/h10,12H,6-9H2,1-5H3. The summed E-state index contributed by atoms with van der Waals surface area (Å²) in [7, 11) is 1.81. The van der Waals surface area contributed by atoms with Crippen LogP contribution in [-0.4, -0.2) is 52.7 Å². The predicted molar refractivity (Wildman–Crippen MR) is 91.0 cm³/mol. The van der Waals surface area contributed by atoms with Gasteiger partial charge in [0.2, 0.25) is 0 Å². The van der Waals surface area contributed by atoms with Crippen molar-refractivity contribution in [1.82, 2.24) is 14.9 Å². The van der Waals surface area contributed by atoms with Crippen molar-refractivity contribution in [2.75, 3.05) is 25.0 Å². The lowest BCUT2D eigenvalue weighted by Crippen LogP contribution is -2.47. The van der Waals surface area contributed by atoms with Gasteiger partial charge in [0.05, 0.1) is 0 Å². The Morgan fingerprint density at radius 3 is 2.48 bits per heavy atom. The maximum atomic E-state index is 12.2. The van der Waals surface area contributed by atoms with E-state index in [1.54, 1.807) is 18.0 Å². The third-order valence-electron chi connectivity index (χ3n) is 3.81. The van der Waals surface area contributed by atoms with Crippen molar-refractivity contribution < 1.29 is 9.53 Å². The normalized spacial score (nSPS) is 16.3. The SMILES string of the molecule is Cc1nc(Cl)cc(N2CCC(N(C)C(=O)OC(C)(C)C)CC2)n1. The fourth-order valence-electron chi connectivity index (χ4n) is 2.64. The van der Waals surface area contributed by atoms with Crippen LogP contribution in [0.1, 0.15) is 39.4 Å². The quantitative estimate of drug-likeness (QED) is 0.773. The number of amides is 1. The summed E-state index contributed by atoms with van der Waals surface area (Å²) in [4.78, 5) is 24.6. The Balaban J connectivity index is 1.94. The summed E-state index contributed by atoms with van der Waals surface area (Å²) in [6.07, 6.45) is 1.48. The van der Waals surface area contributed by atoms with Crippen LogP contribution in [0.2, 0.25) is 5.15 Å². The Morgan fingerprint density at radius 2 is 1.96 bits per heavy atom. The van der Waals surface area contributed by atoms with Crippen LogP contribution in [0.4, 0.5) is 10.6 Å². The molecule has 1 aliphatic rings. The second-order valence-electron chi connectivity index (χ2n) is 6.91. The van der Waals surface area contributed by atoms with Gasteiger partial charge >= 0.3 is 6.09 Å². The number of rotatable bonds is 2. The van der Waals surface area contributed by atoms with Crippen molar-refractivity contribution in [3.8, 4) is 0 Å². The van der Waals surface area contributed by atoms with Crippen LogP contribution in [0, 0.1) is 6.92 Å². The monoisotopic (exact) mass is 340 g/mol. The van der Waals surface area contributed by atoms with Crippen molar-refractivity contribution in [2.45, 2.75) is 52.2 Å². The number of aromatic nitrogens is 2. The van der Waals surface area contributed by atoms with Crippen LogP contribution in [0.25, 0.3) is 0 Å². The summed E-state index contributed by atoms with van der Waals surface area (Å²) in [6.45, 7) is 9.11. The van der Waals surface area contributed by atoms with Crippen LogP contribution in [0.15, 0.2) is 6.07 Å². The maximum absolute atomic E-state index is 12.2. The first kappa shape index (κ1) is 17.8. The van der Waals surface area contributed by atoms with E-state index in [1.165, 1.54) is 0 Å². The molecule has 1 aliphatic heterocycles. The molecule has 1 aromatic rings. The summed E-state index contributed by atoms with van der Waals surface area (Å²) in [6, 6.07) is 1.96. The number of anilines is 1. The molecular weight excluding hydrogens is 316 g/mol. The van der Waals surface area contributed by atoms with Crippen molar-refractivity contribution in [1.29, 1.82) is 0 Å². The van der Waals surface area contributed by atoms with E-state index in [0.717, 1.165) is 31.7 Å². The van der Waals surface area contributed by atoms with Gasteiger partial charge in [0.25, 0.3) is 0 Å². The lowest BCUT2D eigenvalue weighted by atomic mass is 10.0. The van der Waals surface area contributed by atoms with Gasteiger partial charge in [-0.2, -0.15) is 0 Å². The highest BCUT2D eigenvalue weighted by Crippen LogP contribution is 2.23. The maximum Gasteiger partial charge on any atom is 0.410 e. The van der Waals surface area contributed by atoms with Gasteiger partial charge in [-0.05, 0) is 40.5 Å². The molecule has 0 spiro atoms. The Hall–Kier alpha value is -1.56. The van der Waals surface area contributed by atoms with E-state index in [-0.39, 0.29) is 12.1 Å². The Labute approximate surface area is 142 Å². The average molecular weight is 341 g/mol. The van der Waals surface area contributed by atoms with Crippen LogP contribution in [0.5, 0.6) is 0 Å². The predicted octanol–water partition coefficient (Wildman–Crippen LogP) is 3.27. The third-order valence-corrected chi connectivity index (χ3v) is 4.00.